The average molecular weight is 405 g/mol. The average Bonchev–Trinajstić information content (AvgIpc) is 2.73. The van der Waals surface area contributed by atoms with Crippen LogP contribution in [0.1, 0.15) is 118 Å². The number of ether oxygens (including phenoxy) is 1. The molecule has 0 aliphatic heterocycles. The van der Waals surface area contributed by atoms with Gasteiger partial charge < -0.3 is 9.84 Å². The molecule has 1 aromatic carbocycles. The monoisotopic (exact) mass is 404 g/mol. The molecule has 164 valence electrons. The summed E-state index contributed by atoms with van der Waals surface area (Å²) in [5, 5.41) is 9.12. The lowest BCUT2D eigenvalue weighted by Crippen LogP contribution is -2.12. The standard InChI is InChI=1S/C25H40O4/c1-3-21(2)17-13-11-9-7-5-4-6-8-10-12-16-20-29-25(28)23-19-15-14-18-22(23)24(26)27/h14-15,18-19,21H,3-13,16-17,20H2,1-2H3,(H,26,27). The van der Waals surface area contributed by atoms with Crippen LogP contribution in [0.5, 0.6) is 0 Å². The first kappa shape index (κ1) is 25.2. The first-order chi connectivity index (χ1) is 14.1. The number of hydrogen-bond acceptors (Lipinski definition) is 3. The summed E-state index contributed by atoms with van der Waals surface area (Å²) < 4.78 is 5.23. The zero-order valence-electron chi connectivity index (χ0n) is 18.5. The lowest BCUT2D eigenvalue weighted by atomic mass is 9.99. The zero-order valence-corrected chi connectivity index (χ0v) is 18.5. The van der Waals surface area contributed by atoms with Crippen molar-refractivity contribution >= 4 is 11.9 Å². The number of carbonyl (C=O) groups is 2. The fraction of sp³-hybridized carbons (Fsp3) is 0.680. The first-order valence-corrected chi connectivity index (χ1v) is 11.6. The number of unbranched alkanes of at least 4 members (excludes halogenated alkanes) is 10. The maximum atomic E-state index is 12.0. The third-order valence-electron chi connectivity index (χ3n) is 5.65. The fourth-order valence-electron chi connectivity index (χ4n) is 3.48. The minimum Gasteiger partial charge on any atom is -0.478 e. The van der Waals surface area contributed by atoms with Gasteiger partial charge >= 0.3 is 11.9 Å². The maximum Gasteiger partial charge on any atom is 0.339 e. The Morgan fingerprint density at radius 1 is 0.828 bits per heavy atom. The number of hydrogen-bond donors (Lipinski definition) is 1. The summed E-state index contributed by atoms with van der Waals surface area (Å²) >= 11 is 0. The van der Waals surface area contributed by atoms with E-state index in [4.69, 9.17) is 9.84 Å². The molecule has 0 bridgehead atoms. The van der Waals surface area contributed by atoms with Gasteiger partial charge in [0.05, 0.1) is 17.7 Å². The number of benzene rings is 1. The first-order valence-electron chi connectivity index (χ1n) is 11.6. The lowest BCUT2D eigenvalue weighted by Gasteiger charge is -2.08. The molecule has 1 rings (SSSR count). The second-order valence-corrected chi connectivity index (χ2v) is 8.18. The second-order valence-electron chi connectivity index (χ2n) is 8.18. The van der Waals surface area contributed by atoms with Crippen molar-refractivity contribution in [1.82, 2.24) is 0 Å². The number of aromatic carboxylic acids is 1. The molecule has 0 amide bonds. The molecule has 1 unspecified atom stereocenters. The van der Waals surface area contributed by atoms with Gasteiger partial charge in [0.2, 0.25) is 0 Å². The van der Waals surface area contributed by atoms with Crippen LogP contribution in [-0.2, 0) is 4.74 Å². The van der Waals surface area contributed by atoms with Crippen molar-refractivity contribution in [1.29, 1.82) is 0 Å². The van der Waals surface area contributed by atoms with Crippen molar-refractivity contribution in [2.24, 2.45) is 5.92 Å². The number of rotatable bonds is 17. The highest BCUT2D eigenvalue weighted by atomic mass is 16.5. The van der Waals surface area contributed by atoms with E-state index < -0.39 is 11.9 Å². The predicted molar refractivity (Wildman–Crippen MR) is 119 cm³/mol. The van der Waals surface area contributed by atoms with Gasteiger partial charge in [-0.15, -0.1) is 0 Å². The van der Waals surface area contributed by atoms with E-state index in [0.29, 0.717) is 6.61 Å². The van der Waals surface area contributed by atoms with Crippen molar-refractivity contribution in [3.05, 3.63) is 35.4 Å². The van der Waals surface area contributed by atoms with Crippen LogP contribution in [0.15, 0.2) is 24.3 Å². The normalized spacial score (nSPS) is 11.9. The van der Waals surface area contributed by atoms with E-state index in [-0.39, 0.29) is 11.1 Å². The Balaban J connectivity index is 1.94. The van der Waals surface area contributed by atoms with E-state index >= 15 is 0 Å². The highest BCUT2D eigenvalue weighted by Crippen LogP contribution is 2.16. The van der Waals surface area contributed by atoms with Crippen LogP contribution >= 0.6 is 0 Å². The van der Waals surface area contributed by atoms with Crippen LogP contribution < -0.4 is 0 Å². The summed E-state index contributed by atoms with van der Waals surface area (Å²) in [7, 11) is 0. The summed E-state index contributed by atoms with van der Waals surface area (Å²) in [4.78, 5) is 23.2. The van der Waals surface area contributed by atoms with Gasteiger partial charge in [0, 0.05) is 0 Å². The van der Waals surface area contributed by atoms with E-state index in [1.54, 1.807) is 12.1 Å². The molecule has 29 heavy (non-hydrogen) atoms. The van der Waals surface area contributed by atoms with Gasteiger partial charge in [0.15, 0.2) is 0 Å². The summed E-state index contributed by atoms with van der Waals surface area (Å²) in [5.41, 5.74) is 0.118. The van der Waals surface area contributed by atoms with Gasteiger partial charge in [-0.05, 0) is 24.5 Å². The minimum atomic E-state index is -1.11. The van der Waals surface area contributed by atoms with E-state index in [0.717, 1.165) is 25.2 Å². The van der Waals surface area contributed by atoms with Gasteiger partial charge in [-0.3, -0.25) is 0 Å². The van der Waals surface area contributed by atoms with Crippen LogP contribution in [0.4, 0.5) is 0 Å². The topological polar surface area (TPSA) is 63.6 Å². The number of carboxylic acid groups (broad SMARTS) is 1. The van der Waals surface area contributed by atoms with E-state index in [1.165, 1.54) is 76.3 Å². The highest BCUT2D eigenvalue weighted by molar-refractivity contribution is 6.02. The molecular weight excluding hydrogens is 364 g/mol. The minimum absolute atomic E-state index is 0.00647. The Kier molecular flexibility index (Phi) is 13.9. The molecule has 4 heteroatoms. The van der Waals surface area contributed by atoms with Crippen LogP contribution in [0.3, 0.4) is 0 Å². The van der Waals surface area contributed by atoms with Crippen LogP contribution in [0.2, 0.25) is 0 Å². The molecule has 0 aromatic heterocycles. The van der Waals surface area contributed by atoms with Crippen molar-refractivity contribution < 1.29 is 19.4 Å². The maximum absolute atomic E-state index is 12.0. The summed E-state index contributed by atoms with van der Waals surface area (Å²) in [6.45, 7) is 4.98. The summed E-state index contributed by atoms with van der Waals surface area (Å²) in [6.07, 6.45) is 16.5. The van der Waals surface area contributed by atoms with Crippen molar-refractivity contribution in [2.45, 2.75) is 97.3 Å². The molecule has 1 atom stereocenters. The van der Waals surface area contributed by atoms with Gasteiger partial charge in [-0.2, -0.15) is 0 Å². The third-order valence-corrected chi connectivity index (χ3v) is 5.65. The van der Waals surface area contributed by atoms with Gasteiger partial charge in [0.1, 0.15) is 0 Å². The predicted octanol–water partition coefficient (Wildman–Crippen LogP) is 7.27. The fourth-order valence-corrected chi connectivity index (χ4v) is 3.48. The van der Waals surface area contributed by atoms with Crippen molar-refractivity contribution in [2.75, 3.05) is 6.61 Å². The summed E-state index contributed by atoms with van der Waals surface area (Å²) in [6, 6.07) is 6.17. The van der Waals surface area contributed by atoms with Gasteiger partial charge in [0.25, 0.3) is 0 Å². The van der Waals surface area contributed by atoms with Crippen LogP contribution in [0, 0.1) is 5.92 Å². The Labute approximate surface area is 177 Å². The lowest BCUT2D eigenvalue weighted by molar-refractivity contribution is 0.0487. The molecule has 4 nitrogen and oxygen atoms in total. The van der Waals surface area contributed by atoms with Crippen molar-refractivity contribution in [3.8, 4) is 0 Å². The highest BCUT2D eigenvalue weighted by Gasteiger charge is 2.16. The molecule has 0 aliphatic carbocycles. The molecule has 0 radical (unpaired) electrons. The molecule has 1 aromatic rings. The molecule has 0 saturated heterocycles. The van der Waals surface area contributed by atoms with Crippen LogP contribution in [0.25, 0.3) is 0 Å². The molecule has 1 N–H and O–H groups in total. The summed E-state index contributed by atoms with van der Waals surface area (Å²) in [5.74, 6) is -0.769. The van der Waals surface area contributed by atoms with E-state index in [9.17, 15) is 9.59 Å². The molecule has 0 fully saturated rings. The Morgan fingerprint density at radius 2 is 1.31 bits per heavy atom. The van der Waals surface area contributed by atoms with Crippen LogP contribution in [-0.4, -0.2) is 23.7 Å². The quantitative estimate of drug-likeness (QED) is 0.219. The smallest absolute Gasteiger partial charge is 0.339 e. The second kappa shape index (κ2) is 16.0. The SMILES string of the molecule is CCC(C)CCCCCCCCCCCCCOC(=O)c1ccccc1C(=O)O. The number of esters is 1. The van der Waals surface area contributed by atoms with E-state index in [1.807, 2.05) is 0 Å². The molecule has 0 heterocycles. The Bertz CT molecular complexity index is 582. The largest absolute Gasteiger partial charge is 0.478 e. The Morgan fingerprint density at radius 3 is 1.83 bits per heavy atom. The molecule has 0 saturated carbocycles. The molecule has 0 spiro atoms. The molecular formula is C25H40O4. The number of carbonyl (C=O) groups excluding carboxylic acids is 1. The Hall–Kier alpha value is -1.84. The van der Waals surface area contributed by atoms with Gasteiger partial charge in [-0.25, -0.2) is 9.59 Å². The number of carboxylic acids is 1. The zero-order chi connectivity index (χ0) is 21.3. The van der Waals surface area contributed by atoms with Crippen molar-refractivity contribution in [3.63, 3.8) is 0 Å². The third kappa shape index (κ3) is 11.7. The van der Waals surface area contributed by atoms with E-state index in [2.05, 4.69) is 13.8 Å². The van der Waals surface area contributed by atoms with Gasteiger partial charge in [-0.1, -0.05) is 103 Å². The molecule has 0 aliphatic rings.